The van der Waals surface area contributed by atoms with Gasteiger partial charge >= 0.3 is 0 Å². The monoisotopic (exact) mass is 585 g/mol. The van der Waals surface area contributed by atoms with E-state index >= 15 is 0 Å². The van der Waals surface area contributed by atoms with E-state index in [4.69, 9.17) is 9.88 Å². The fourth-order valence-corrected chi connectivity index (χ4v) is 7.73. The number of anilines is 4. The maximum absolute atomic E-state index is 12.3. The minimum Gasteiger partial charge on any atom is -0.457 e. The van der Waals surface area contributed by atoms with E-state index in [-0.39, 0.29) is 11.7 Å². The van der Waals surface area contributed by atoms with Gasteiger partial charge in [-0.1, -0.05) is 72.8 Å². The molecule has 5 aromatic carbocycles. The Morgan fingerprint density at radius 1 is 0.651 bits per heavy atom. The van der Waals surface area contributed by atoms with E-state index in [0.29, 0.717) is 5.56 Å². The molecule has 3 aliphatic rings. The molecule has 3 aliphatic heterocycles. The van der Waals surface area contributed by atoms with Crippen molar-refractivity contribution in [3.8, 4) is 11.5 Å². The van der Waals surface area contributed by atoms with Crippen LogP contribution >= 0.6 is 0 Å². The third-order valence-corrected chi connectivity index (χ3v) is 9.67. The Labute approximate surface area is 252 Å². The van der Waals surface area contributed by atoms with Crippen LogP contribution in [0.1, 0.15) is 39.3 Å². The summed E-state index contributed by atoms with van der Waals surface area (Å²) in [4.78, 5) is 4.69. The van der Waals surface area contributed by atoms with Gasteiger partial charge in [0.15, 0.2) is 0 Å². The molecule has 8 rings (SSSR count). The minimum absolute atomic E-state index is 0.212. The van der Waals surface area contributed by atoms with E-state index in [1.54, 1.807) is 0 Å². The average Bonchev–Trinajstić information content (AvgIpc) is 3.64. The van der Waals surface area contributed by atoms with E-state index in [0.717, 1.165) is 65.5 Å². The van der Waals surface area contributed by atoms with Gasteiger partial charge in [0.05, 0.1) is 5.75 Å². The van der Waals surface area contributed by atoms with Gasteiger partial charge in [-0.15, -0.1) is 0 Å². The van der Waals surface area contributed by atoms with E-state index < -0.39 is 10.0 Å². The number of fused-ring (bicyclic) bond motifs is 4. The van der Waals surface area contributed by atoms with Gasteiger partial charge in [-0.05, 0) is 59.4 Å². The normalized spacial score (nSPS) is 15.5. The van der Waals surface area contributed by atoms with Gasteiger partial charge in [0.1, 0.15) is 11.5 Å². The molecule has 0 aliphatic carbocycles. The van der Waals surface area contributed by atoms with Gasteiger partial charge in [-0.2, -0.15) is 0 Å². The van der Waals surface area contributed by atoms with Crippen LogP contribution in [0, 0.1) is 0 Å². The van der Waals surface area contributed by atoms with Crippen molar-refractivity contribution in [1.82, 2.24) is 0 Å². The van der Waals surface area contributed by atoms with Crippen LogP contribution in [0.2, 0.25) is 0 Å². The number of sulfonamides is 1. The number of ether oxygens (including phenoxy) is 1. The summed E-state index contributed by atoms with van der Waals surface area (Å²) in [5.41, 5.74) is 10.9. The van der Waals surface area contributed by atoms with Crippen molar-refractivity contribution in [3.63, 3.8) is 0 Å². The van der Waals surface area contributed by atoms with Crippen molar-refractivity contribution in [2.75, 3.05) is 22.9 Å². The maximum Gasteiger partial charge on any atom is 0.213 e. The number of nitrogens with zero attached hydrogens (tertiary/aromatic N) is 2. The first-order valence-corrected chi connectivity index (χ1v) is 16.4. The molecule has 2 N–H and O–H groups in total. The molecule has 5 aromatic rings. The predicted molar refractivity (Wildman–Crippen MR) is 171 cm³/mol. The van der Waals surface area contributed by atoms with Crippen molar-refractivity contribution in [2.24, 2.45) is 5.14 Å². The third-order valence-electron chi connectivity index (χ3n) is 8.96. The fourth-order valence-electron chi connectivity index (χ4n) is 7.03. The Morgan fingerprint density at radius 3 is 1.72 bits per heavy atom. The first-order valence-electron chi connectivity index (χ1n) is 14.7. The van der Waals surface area contributed by atoms with Gasteiger partial charge in [0.2, 0.25) is 10.0 Å². The molecule has 43 heavy (non-hydrogen) atoms. The highest BCUT2D eigenvalue weighted by Crippen LogP contribution is 2.51. The lowest BCUT2D eigenvalue weighted by Gasteiger charge is -2.32. The minimum atomic E-state index is -3.73. The lowest BCUT2D eigenvalue weighted by atomic mass is 9.80. The summed E-state index contributed by atoms with van der Waals surface area (Å²) in [5, 5.41) is 5.55. The highest BCUT2D eigenvalue weighted by atomic mass is 32.2. The van der Waals surface area contributed by atoms with E-state index in [9.17, 15) is 8.42 Å². The summed E-state index contributed by atoms with van der Waals surface area (Å²) in [7, 11) is -3.73. The second-order valence-electron chi connectivity index (χ2n) is 11.5. The lowest BCUT2D eigenvalue weighted by molar-refractivity contribution is 0.453. The first-order chi connectivity index (χ1) is 20.9. The Kier molecular flexibility index (Phi) is 6.06. The van der Waals surface area contributed by atoms with Crippen molar-refractivity contribution < 1.29 is 13.2 Å². The number of nitrogens with two attached hydrogens (primary N) is 1. The number of primary sulfonamides is 1. The molecule has 0 spiro atoms. The van der Waals surface area contributed by atoms with Crippen molar-refractivity contribution >= 4 is 32.8 Å². The molecule has 3 heterocycles. The van der Waals surface area contributed by atoms with E-state index in [1.165, 1.54) is 22.5 Å². The Balaban J connectivity index is 1.27. The summed E-state index contributed by atoms with van der Waals surface area (Å²) < 4.78 is 31.3. The molecule has 0 saturated carbocycles. The van der Waals surface area contributed by atoms with Crippen LogP contribution in [0.3, 0.4) is 0 Å². The van der Waals surface area contributed by atoms with E-state index in [1.807, 2.05) is 24.3 Å². The van der Waals surface area contributed by atoms with Crippen LogP contribution in [-0.2, 0) is 28.6 Å². The number of hydrogen-bond acceptors (Lipinski definition) is 5. The standard InChI is InChI=1S/C36H31N3O3S/c37-43(40,41)23-26-9-1-4-10-29(26)36-30-15-13-27(38-19-17-24-7-2-5-11-32(24)38)21-34(30)42-35-22-28(14-16-31(35)36)39-20-18-25-8-3-6-12-33(25)39/h1-16,21-22,36H,17-20,23H2,(H2,37,40,41). The Hall–Kier alpha value is -4.59. The lowest BCUT2D eigenvalue weighted by Crippen LogP contribution is -2.19. The van der Waals surface area contributed by atoms with Gasteiger partial charge in [-0.3, -0.25) is 0 Å². The second-order valence-corrected chi connectivity index (χ2v) is 13.2. The van der Waals surface area contributed by atoms with Crippen LogP contribution in [0.15, 0.2) is 109 Å². The fraction of sp³-hybridized carbons (Fsp3) is 0.167. The largest absolute Gasteiger partial charge is 0.457 e. The summed E-state index contributed by atoms with van der Waals surface area (Å²) >= 11 is 0. The number of hydrogen-bond donors (Lipinski definition) is 1. The molecule has 0 radical (unpaired) electrons. The topological polar surface area (TPSA) is 75.9 Å². The van der Waals surface area contributed by atoms with Gasteiger partial charge in [0, 0.05) is 65.0 Å². The molecule has 0 atom stereocenters. The zero-order chi connectivity index (χ0) is 29.1. The molecule has 6 nitrogen and oxygen atoms in total. The molecule has 0 amide bonds. The highest BCUT2D eigenvalue weighted by molar-refractivity contribution is 7.88. The zero-order valence-corrected chi connectivity index (χ0v) is 24.4. The molecule has 7 heteroatoms. The van der Waals surface area contributed by atoms with Crippen molar-refractivity contribution in [1.29, 1.82) is 0 Å². The summed E-state index contributed by atoms with van der Waals surface area (Å²) in [6.45, 7) is 1.82. The molecule has 214 valence electrons. The van der Waals surface area contributed by atoms with Gasteiger partial charge in [0.25, 0.3) is 0 Å². The smallest absolute Gasteiger partial charge is 0.213 e. The zero-order valence-electron chi connectivity index (χ0n) is 23.6. The van der Waals surface area contributed by atoms with Gasteiger partial charge < -0.3 is 14.5 Å². The molecule has 0 unspecified atom stereocenters. The van der Waals surface area contributed by atoms with Crippen LogP contribution in [-0.4, -0.2) is 21.5 Å². The molecule has 0 saturated heterocycles. The predicted octanol–water partition coefficient (Wildman–Crippen LogP) is 7.15. The molecule has 0 aromatic heterocycles. The second kappa shape index (κ2) is 10.0. The number of benzene rings is 5. The van der Waals surface area contributed by atoms with Crippen LogP contribution < -0.4 is 19.7 Å². The van der Waals surface area contributed by atoms with Gasteiger partial charge in [-0.25, -0.2) is 13.6 Å². The van der Waals surface area contributed by atoms with Crippen molar-refractivity contribution in [2.45, 2.75) is 24.5 Å². The van der Waals surface area contributed by atoms with Crippen LogP contribution in [0.4, 0.5) is 22.7 Å². The molecule has 0 fully saturated rings. The maximum atomic E-state index is 12.3. The Morgan fingerprint density at radius 2 is 1.16 bits per heavy atom. The van der Waals surface area contributed by atoms with Crippen LogP contribution in [0.5, 0.6) is 11.5 Å². The highest BCUT2D eigenvalue weighted by Gasteiger charge is 2.33. The number of rotatable bonds is 5. The summed E-state index contributed by atoms with van der Waals surface area (Å²) in [5.74, 6) is 1.13. The molecule has 0 bridgehead atoms. The Bertz CT molecular complexity index is 1900. The third kappa shape index (κ3) is 4.56. The quantitative estimate of drug-likeness (QED) is 0.233. The van der Waals surface area contributed by atoms with Crippen molar-refractivity contribution in [3.05, 3.63) is 143 Å². The molecular weight excluding hydrogens is 554 g/mol. The summed E-state index contributed by atoms with van der Waals surface area (Å²) in [6, 6.07) is 37.6. The molecular formula is C36H31N3O3S. The first kappa shape index (κ1) is 26.1. The van der Waals surface area contributed by atoms with Crippen LogP contribution in [0.25, 0.3) is 0 Å². The average molecular weight is 586 g/mol. The summed E-state index contributed by atoms with van der Waals surface area (Å²) in [6.07, 6.45) is 2.00. The van der Waals surface area contributed by atoms with E-state index in [2.05, 4.69) is 94.7 Å². The SMILES string of the molecule is NS(=O)(=O)Cc1ccccc1C1c2ccc(N3CCc4ccccc43)cc2Oc2cc(N3CCc4ccccc43)ccc21. The number of para-hydroxylation sites is 2.